The number of aromatic nitrogens is 3. The quantitative estimate of drug-likeness (QED) is 0.823. The van der Waals surface area contributed by atoms with Gasteiger partial charge >= 0.3 is 0 Å². The molecule has 0 aromatic carbocycles. The van der Waals surface area contributed by atoms with E-state index in [9.17, 15) is 0 Å². The number of nitrogens with zero attached hydrogens (tertiary/aromatic N) is 4. The summed E-state index contributed by atoms with van der Waals surface area (Å²) >= 11 is 0. The minimum Gasteiger partial charge on any atom is -0.320 e. The first-order valence-corrected chi connectivity index (χ1v) is 5.77. The zero-order valence-corrected chi connectivity index (χ0v) is 9.56. The molecule has 1 saturated carbocycles. The Balaban J connectivity index is 1.89. The highest BCUT2D eigenvalue weighted by Crippen LogP contribution is 2.23. The largest absolute Gasteiger partial charge is 0.320 e. The molecule has 0 saturated heterocycles. The second-order valence-electron chi connectivity index (χ2n) is 4.37. The first-order chi connectivity index (χ1) is 7.81. The predicted molar refractivity (Wildman–Crippen MR) is 59.2 cm³/mol. The van der Waals surface area contributed by atoms with Gasteiger partial charge in [0, 0.05) is 13.1 Å². The topological polar surface area (TPSA) is 66.5 Å². The van der Waals surface area contributed by atoms with Crippen molar-refractivity contribution in [3.63, 3.8) is 0 Å². The van der Waals surface area contributed by atoms with E-state index in [1.165, 1.54) is 12.8 Å². The van der Waals surface area contributed by atoms with Gasteiger partial charge in [-0.2, -0.15) is 5.26 Å². The van der Waals surface area contributed by atoms with Gasteiger partial charge in [-0.3, -0.25) is 0 Å². The molecule has 1 aromatic rings. The fraction of sp³-hybridized carbons (Fsp3) is 0.727. The Hall–Kier alpha value is -1.41. The van der Waals surface area contributed by atoms with Crippen molar-refractivity contribution in [3.05, 3.63) is 12.2 Å². The van der Waals surface area contributed by atoms with Crippen molar-refractivity contribution in [2.24, 2.45) is 13.0 Å². The predicted octanol–water partition coefficient (Wildman–Crippen LogP) is 0.987. The molecule has 1 aromatic heterocycles. The average molecular weight is 219 g/mol. The van der Waals surface area contributed by atoms with Gasteiger partial charge < -0.3 is 9.88 Å². The van der Waals surface area contributed by atoms with Crippen LogP contribution in [-0.4, -0.2) is 20.8 Å². The molecule has 1 aliphatic carbocycles. The summed E-state index contributed by atoms with van der Waals surface area (Å²) in [6.07, 6.45) is 6.21. The maximum absolute atomic E-state index is 9.05. The Morgan fingerprint density at radius 2 is 2.38 bits per heavy atom. The molecule has 0 amide bonds. The van der Waals surface area contributed by atoms with E-state index in [0.717, 1.165) is 18.7 Å². The van der Waals surface area contributed by atoms with Gasteiger partial charge in [-0.1, -0.05) is 12.8 Å². The zero-order chi connectivity index (χ0) is 11.4. The van der Waals surface area contributed by atoms with Gasteiger partial charge in [0.2, 0.25) is 0 Å². The Kier molecular flexibility index (Phi) is 3.52. The highest BCUT2D eigenvalue weighted by molar-refractivity contribution is 4.95. The lowest BCUT2D eigenvalue weighted by Crippen LogP contribution is -2.38. The third-order valence-electron chi connectivity index (χ3n) is 3.26. The summed E-state index contributed by atoms with van der Waals surface area (Å²) in [5.74, 6) is 1.07. The highest BCUT2D eigenvalue weighted by Gasteiger charge is 2.24. The molecule has 1 aliphatic rings. The van der Waals surface area contributed by atoms with Crippen LogP contribution in [0.25, 0.3) is 0 Å². The zero-order valence-electron chi connectivity index (χ0n) is 9.56. The minimum absolute atomic E-state index is 0.155. The standard InChI is InChI=1S/C11H17N5/c1-16-8-14-15-11(16)7-13-10-5-3-2-4-9(10)6-12/h8-10,13H,2-5,7H2,1H3. The van der Waals surface area contributed by atoms with E-state index < -0.39 is 0 Å². The molecule has 86 valence electrons. The molecular weight excluding hydrogens is 202 g/mol. The molecular formula is C11H17N5. The van der Waals surface area contributed by atoms with E-state index >= 15 is 0 Å². The Morgan fingerprint density at radius 3 is 3.06 bits per heavy atom. The van der Waals surface area contributed by atoms with Gasteiger partial charge in [0.25, 0.3) is 0 Å². The van der Waals surface area contributed by atoms with Crippen LogP contribution in [0.2, 0.25) is 0 Å². The van der Waals surface area contributed by atoms with Crippen LogP contribution >= 0.6 is 0 Å². The van der Waals surface area contributed by atoms with E-state index in [4.69, 9.17) is 5.26 Å². The van der Waals surface area contributed by atoms with Crippen molar-refractivity contribution < 1.29 is 0 Å². The van der Waals surface area contributed by atoms with Crippen LogP contribution in [0, 0.1) is 17.2 Å². The SMILES string of the molecule is Cn1cnnc1CNC1CCCCC1C#N. The monoisotopic (exact) mass is 219 g/mol. The normalized spacial score (nSPS) is 25.2. The van der Waals surface area contributed by atoms with Crippen LogP contribution in [0.4, 0.5) is 0 Å². The highest BCUT2D eigenvalue weighted by atomic mass is 15.3. The lowest BCUT2D eigenvalue weighted by Gasteiger charge is -2.27. The second kappa shape index (κ2) is 5.08. The van der Waals surface area contributed by atoms with E-state index in [1.807, 2.05) is 11.6 Å². The summed E-state index contributed by atoms with van der Waals surface area (Å²) in [4.78, 5) is 0. The van der Waals surface area contributed by atoms with Gasteiger partial charge in [0.1, 0.15) is 12.2 Å². The molecule has 0 aliphatic heterocycles. The molecule has 2 rings (SSSR count). The molecule has 16 heavy (non-hydrogen) atoms. The molecule has 2 unspecified atom stereocenters. The second-order valence-corrected chi connectivity index (χ2v) is 4.37. The summed E-state index contributed by atoms with van der Waals surface area (Å²) < 4.78 is 1.90. The molecule has 5 nitrogen and oxygen atoms in total. The van der Waals surface area contributed by atoms with E-state index in [2.05, 4.69) is 21.6 Å². The molecule has 1 fully saturated rings. The third-order valence-corrected chi connectivity index (χ3v) is 3.26. The van der Waals surface area contributed by atoms with Gasteiger partial charge in [-0.05, 0) is 12.8 Å². The first kappa shape index (κ1) is 11.1. The summed E-state index contributed by atoms with van der Waals surface area (Å²) in [5.41, 5.74) is 0. The summed E-state index contributed by atoms with van der Waals surface area (Å²) in [6, 6.07) is 2.71. The summed E-state index contributed by atoms with van der Waals surface area (Å²) in [6.45, 7) is 0.694. The lowest BCUT2D eigenvalue weighted by atomic mass is 9.85. The summed E-state index contributed by atoms with van der Waals surface area (Å²) in [5, 5.41) is 20.3. The fourth-order valence-electron chi connectivity index (χ4n) is 2.22. The minimum atomic E-state index is 0.155. The van der Waals surface area contributed by atoms with Crippen molar-refractivity contribution in [1.29, 1.82) is 5.26 Å². The maximum atomic E-state index is 9.05. The average Bonchev–Trinajstić information content (AvgIpc) is 2.72. The molecule has 0 spiro atoms. The van der Waals surface area contributed by atoms with Crippen molar-refractivity contribution >= 4 is 0 Å². The maximum Gasteiger partial charge on any atom is 0.146 e. The lowest BCUT2D eigenvalue weighted by molar-refractivity contribution is 0.308. The molecule has 0 radical (unpaired) electrons. The van der Waals surface area contributed by atoms with Gasteiger partial charge in [-0.25, -0.2) is 0 Å². The van der Waals surface area contributed by atoms with Crippen molar-refractivity contribution in [2.75, 3.05) is 0 Å². The molecule has 1 heterocycles. The van der Waals surface area contributed by atoms with E-state index in [1.54, 1.807) is 6.33 Å². The molecule has 2 atom stereocenters. The molecule has 1 N–H and O–H groups in total. The number of hydrogen-bond donors (Lipinski definition) is 1. The Labute approximate surface area is 95.5 Å². The van der Waals surface area contributed by atoms with Gasteiger partial charge in [0.15, 0.2) is 0 Å². The van der Waals surface area contributed by atoms with Crippen molar-refractivity contribution in [3.8, 4) is 6.07 Å². The Bertz CT molecular complexity index is 378. The van der Waals surface area contributed by atoms with Crippen molar-refractivity contribution in [1.82, 2.24) is 20.1 Å². The van der Waals surface area contributed by atoms with Crippen LogP contribution < -0.4 is 5.32 Å². The van der Waals surface area contributed by atoms with Crippen LogP contribution in [0.5, 0.6) is 0 Å². The van der Waals surface area contributed by atoms with Crippen LogP contribution in [0.15, 0.2) is 6.33 Å². The van der Waals surface area contributed by atoms with Gasteiger partial charge in [-0.15, -0.1) is 10.2 Å². The molecule has 0 bridgehead atoms. The van der Waals surface area contributed by atoms with E-state index in [-0.39, 0.29) is 5.92 Å². The number of hydrogen-bond acceptors (Lipinski definition) is 4. The van der Waals surface area contributed by atoms with Crippen LogP contribution in [0.1, 0.15) is 31.5 Å². The third kappa shape index (κ3) is 2.39. The van der Waals surface area contributed by atoms with Crippen molar-refractivity contribution in [2.45, 2.75) is 38.3 Å². The number of aryl methyl sites for hydroxylation is 1. The fourth-order valence-corrected chi connectivity index (χ4v) is 2.22. The van der Waals surface area contributed by atoms with Crippen LogP contribution in [0.3, 0.4) is 0 Å². The van der Waals surface area contributed by atoms with Crippen LogP contribution in [-0.2, 0) is 13.6 Å². The number of rotatable bonds is 3. The number of nitrogens with one attached hydrogen (secondary N) is 1. The summed E-state index contributed by atoms with van der Waals surface area (Å²) in [7, 11) is 1.93. The number of nitriles is 1. The first-order valence-electron chi connectivity index (χ1n) is 5.77. The van der Waals surface area contributed by atoms with E-state index in [0.29, 0.717) is 12.6 Å². The smallest absolute Gasteiger partial charge is 0.146 e. The van der Waals surface area contributed by atoms with Gasteiger partial charge in [0.05, 0.1) is 18.5 Å². The molecule has 5 heteroatoms. The Morgan fingerprint density at radius 1 is 1.56 bits per heavy atom.